The Morgan fingerprint density at radius 3 is 2.21 bits per heavy atom. The second-order valence-electron chi connectivity index (χ2n) is 7.16. The maximum absolute atomic E-state index is 12.6. The molecule has 1 atom stereocenters. The maximum Gasteiger partial charge on any atom is 0.171 e. The minimum absolute atomic E-state index is 0.00282. The van der Waals surface area contributed by atoms with E-state index in [1.165, 1.54) is 25.7 Å². The highest BCUT2D eigenvalue weighted by Crippen LogP contribution is 2.40. The summed E-state index contributed by atoms with van der Waals surface area (Å²) in [7, 11) is 0. The third-order valence-electron chi connectivity index (χ3n) is 4.93. The van der Waals surface area contributed by atoms with E-state index in [-0.39, 0.29) is 17.3 Å². The van der Waals surface area contributed by atoms with Gasteiger partial charge in [-0.25, -0.2) is 0 Å². The molecule has 0 aromatic rings. The highest BCUT2D eigenvalue weighted by atomic mass is 16.5. The molecule has 110 valence electrons. The van der Waals surface area contributed by atoms with Crippen LogP contribution in [0.4, 0.5) is 0 Å². The number of ketones is 1. The molecule has 0 bridgehead atoms. The molecule has 1 aliphatic carbocycles. The van der Waals surface area contributed by atoms with Crippen LogP contribution in [0.25, 0.3) is 0 Å². The number of rotatable bonds is 4. The molecule has 2 rings (SSSR count). The average Bonchev–Trinajstić information content (AvgIpc) is 2.85. The van der Waals surface area contributed by atoms with Crippen molar-refractivity contribution in [1.29, 1.82) is 0 Å². The van der Waals surface area contributed by atoms with Gasteiger partial charge in [0.15, 0.2) is 5.78 Å². The van der Waals surface area contributed by atoms with Crippen molar-refractivity contribution < 1.29 is 9.53 Å². The minimum atomic E-state index is -0.622. The van der Waals surface area contributed by atoms with Gasteiger partial charge in [-0.05, 0) is 47.1 Å². The van der Waals surface area contributed by atoms with Gasteiger partial charge >= 0.3 is 0 Å². The first-order chi connectivity index (χ1) is 8.78. The quantitative estimate of drug-likeness (QED) is 0.784. The fourth-order valence-corrected chi connectivity index (χ4v) is 3.86. The minimum Gasteiger partial charge on any atom is -0.361 e. The van der Waals surface area contributed by atoms with Gasteiger partial charge in [-0.1, -0.05) is 19.8 Å². The Bertz CT molecular complexity index is 343. The summed E-state index contributed by atoms with van der Waals surface area (Å²) in [6, 6.07) is 0.678. The number of hydrogen-bond acceptors (Lipinski definition) is 3. The molecule has 0 aromatic heterocycles. The Balaban J connectivity index is 2.09. The van der Waals surface area contributed by atoms with Crippen molar-refractivity contribution in [2.24, 2.45) is 5.92 Å². The van der Waals surface area contributed by atoms with Crippen LogP contribution in [0.2, 0.25) is 0 Å². The van der Waals surface area contributed by atoms with Crippen molar-refractivity contribution >= 4 is 5.78 Å². The molecule has 1 unspecified atom stereocenters. The standard InChI is InChI=1S/C16H29NO2/c1-6-17(12-9-7-8-10-12)11-13-14(18)16(4,5)19-15(13,2)3/h12-13H,6-11H2,1-5H3. The molecule has 0 spiro atoms. The molecule has 0 aromatic carbocycles. The summed E-state index contributed by atoms with van der Waals surface area (Å²) in [6.45, 7) is 12.0. The summed E-state index contributed by atoms with van der Waals surface area (Å²) in [5.41, 5.74) is -0.962. The Labute approximate surface area is 117 Å². The lowest BCUT2D eigenvalue weighted by Crippen LogP contribution is -2.44. The summed E-state index contributed by atoms with van der Waals surface area (Å²) in [6.07, 6.45) is 5.26. The van der Waals surface area contributed by atoms with Crippen molar-refractivity contribution in [2.45, 2.75) is 77.5 Å². The number of carbonyl (C=O) groups is 1. The molecule has 0 radical (unpaired) electrons. The second-order valence-corrected chi connectivity index (χ2v) is 7.16. The van der Waals surface area contributed by atoms with Gasteiger partial charge in [-0.15, -0.1) is 0 Å². The van der Waals surface area contributed by atoms with Crippen LogP contribution in [0.3, 0.4) is 0 Å². The molecule has 0 amide bonds. The number of Topliss-reactive ketones (excluding diaryl/α,β-unsaturated/α-hetero) is 1. The summed E-state index contributed by atoms with van der Waals surface area (Å²) in [5.74, 6) is 0.275. The summed E-state index contributed by atoms with van der Waals surface area (Å²) >= 11 is 0. The Kier molecular flexibility index (Phi) is 4.08. The molecular formula is C16H29NO2. The van der Waals surface area contributed by atoms with E-state index in [0.717, 1.165) is 13.1 Å². The van der Waals surface area contributed by atoms with Crippen LogP contribution in [0, 0.1) is 5.92 Å². The average molecular weight is 267 g/mol. The third-order valence-corrected chi connectivity index (χ3v) is 4.93. The van der Waals surface area contributed by atoms with Crippen LogP contribution in [0.5, 0.6) is 0 Å². The van der Waals surface area contributed by atoms with Gasteiger partial charge in [-0.3, -0.25) is 9.69 Å². The van der Waals surface area contributed by atoms with Crippen LogP contribution in [-0.2, 0) is 9.53 Å². The number of hydrogen-bond donors (Lipinski definition) is 0. The lowest BCUT2D eigenvalue weighted by molar-refractivity contribution is -0.132. The van der Waals surface area contributed by atoms with Crippen molar-refractivity contribution in [1.82, 2.24) is 4.90 Å². The first kappa shape index (κ1) is 15.0. The topological polar surface area (TPSA) is 29.5 Å². The highest BCUT2D eigenvalue weighted by molar-refractivity contribution is 5.91. The molecule has 19 heavy (non-hydrogen) atoms. The molecule has 1 aliphatic heterocycles. The van der Waals surface area contributed by atoms with Gasteiger partial charge < -0.3 is 4.74 Å². The number of nitrogens with zero attached hydrogens (tertiary/aromatic N) is 1. The van der Waals surface area contributed by atoms with E-state index in [0.29, 0.717) is 6.04 Å². The van der Waals surface area contributed by atoms with Crippen molar-refractivity contribution in [3.8, 4) is 0 Å². The predicted molar refractivity (Wildman–Crippen MR) is 77.2 cm³/mol. The van der Waals surface area contributed by atoms with Gasteiger partial charge in [0.1, 0.15) is 5.60 Å². The molecule has 3 heteroatoms. The van der Waals surface area contributed by atoms with Crippen LogP contribution in [0.15, 0.2) is 0 Å². The fraction of sp³-hybridized carbons (Fsp3) is 0.938. The summed E-state index contributed by atoms with van der Waals surface area (Å²) in [4.78, 5) is 15.1. The van der Waals surface area contributed by atoms with Gasteiger partial charge in [0.2, 0.25) is 0 Å². The second kappa shape index (κ2) is 5.17. The first-order valence-electron chi connectivity index (χ1n) is 7.76. The molecule has 2 fully saturated rings. The zero-order valence-electron chi connectivity index (χ0n) is 13.2. The summed E-state index contributed by atoms with van der Waals surface area (Å²) < 4.78 is 5.99. The van der Waals surface area contributed by atoms with Crippen LogP contribution < -0.4 is 0 Å². The van der Waals surface area contributed by atoms with E-state index < -0.39 is 5.60 Å². The molecule has 2 aliphatic rings. The van der Waals surface area contributed by atoms with Crippen molar-refractivity contribution in [2.75, 3.05) is 13.1 Å². The van der Waals surface area contributed by atoms with Crippen molar-refractivity contribution in [3.63, 3.8) is 0 Å². The van der Waals surface area contributed by atoms with Gasteiger partial charge in [0, 0.05) is 12.6 Å². The van der Waals surface area contributed by atoms with Gasteiger partial charge in [-0.2, -0.15) is 0 Å². The lowest BCUT2D eigenvalue weighted by atomic mass is 9.85. The SMILES string of the molecule is CCN(CC1C(=O)C(C)(C)OC1(C)C)C1CCCC1. The smallest absolute Gasteiger partial charge is 0.171 e. The Hall–Kier alpha value is -0.410. The first-order valence-corrected chi connectivity index (χ1v) is 7.76. The molecular weight excluding hydrogens is 238 g/mol. The maximum atomic E-state index is 12.6. The number of ether oxygens (including phenoxy) is 1. The lowest BCUT2D eigenvalue weighted by Gasteiger charge is -2.33. The van der Waals surface area contributed by atoms with Gasteiger partial charge in [0.05, 0.1) is 11.5 Å². The van der Waals surface area contributed by atoms with E-state index in [1.807, 2.05) is 13.8 Å². The van der Waals surface area contributed by atoms with E-state index >= 15 is 0 Å². The zero-order chi connectivity index (χ0) is 14.3. The van der Waals surface area contributed by atoms with E-state index in [2.05, 4.69) is 25.7 Å². The van der Waals surface area contributed by atoms with Crippen LogP contribution in [0.1, 0.15) is 60.3 Å². The largest absolute Gasteiger partial charge is 0.361 e. The highest BCUT2D eigenvalue weighted by Gasteiger charge is 2.53. The van der Waals surface area contributed by atoms with E-state index in [4.69, 9.17) is 4.74 Å². The van der Waals surface area contributed by atoms with E-state index in [1.54, 1.807) is 0 Å². The van der Waals surface area contributed by atoms with E-state index in [9.17, 15) is 4.79 Å². The van der Waals surface area contributed by atoms with Crippen LogP contribution >= 0.6 is 0 Å². The Morgan fingerprint density at radius 2 is 1.79 bits per heavy atom. The monoisotopic (exact) mass is 267 g/mol. The third kappa shape index (κ3) is 2.87. The molecule has 0 N–H and O–H groups in total. The molecule has 1 saturated heterocycles. The molecule has 1 saturated carbocycles. The van der Waals surface area contributed by atoms with Crippen molar-refractivity contribution in [3.05, 3.63) is 0 Å². The zero-order valence-corrected chi connectivity index (χ0v) is 13.2. The molecule has 1 heterocycles. The predicted octanol–water partition coefficient (Wildman–Crippen LogP) is 3.02. The summed E-state index contributed by atoms with van der Waals surface area (Å²) in [5, 5.41) is 0. The molecule has 3 nitrogen and oxygen atoms in total. The fourth-order valence-electron chi connectivity index (χ4n) is 3.86. The van der Waals surface area contributed by atoms with Gasteiger partial charge in [0.25, 0.3) is 0 Å². The van der Waals surface area contributed by atoms with Crippen LogP contribution in [-0.4, -0.2) is 41.0 Å². The Morgan fingerprint density at radius 1 is 1.21 bits per heavy atom. The normalized spacial score (nSPS) is 30.4. The number of carbonyl (C=O) groups excluding carboxylic acids is 1.